The quantitative estimate of drug-likeness (QED) is 0.814. The Kier molecular flexibility index (Phi) is 2.70. The highest BCUT2D eigenvalue weighted by atomic mass is 32.1. The molecule has 2 aromatic heterocycles. The lowest BCUT2D eigenvalue weighted by molar-refractivity contribution is 0.318. The molecule has 0 aromatic carbocycles. The van der Waals surface area contributed by atoms with E-state index in [4.69, 9.17) is 5.73 Å². The Morgan fingerprint density at radius 3 is 3.29 bits per heavy atom. The molecule has 6 heteroatoms. The molecule has 5 nitrogen and oxygen atoms in total. The first-order valence-corrected chi connectivity index (χ1v) is 6.54. The zero-order valence-electron chi connectivity index (χ0n) is 9.35. The molecule has 3 heterocycles. The van der Waals surface area contributed by atoms with Crippen molar-refractivity contribution >= 4 is 21.6 Å². The fraction of sp³-hybridized carbons (Fsp3) is 0.455. The first-order chi connectivity index (χ1) is 8.22. The van der Waals surface area contributed by atoms with Crippen LogP contribution in [0.2, 0.25) is 0 Å². The van der Waals surface area contributed by atoms with Gasteiger partial charge in [0.1, 0.15) is 10.5 Å². The van der Waals surface area contributed by atoms with Gasteiger partial charge in [-0.15, -0.1) is 11.3 Å². The van der Waals surface area contributed by atoms with Crippen molar-refractivity contribution in [3.05, 3.63) is 27.6 Å². The van der Waals surface area contributed by atoms with Crippen LogP contribution in [-0.4, -0.2) is 34.0 Å². The summed E-state index contributed by atoms with van der Waals surface area (Å²) in [5.74, 6) is 0.731. The second-order valence-electron chi connectivity index (χ2n) is 4.43. The average molecular weight is 250 g/mol. The summed E-state index contributed by atoms with van der Waals surface area (Å²) in [6.45, 7) is 2.53. The van der Waals surface area contributed by atoms with Crippen molar-refractivity contribution in [3.63, 3.8) is 0 Å². The number of aromatic amines is 1. The van der Waals surface area contributed by atoms with E-state index < -0.39 is 0 Å². The lowest BCUT2D eigenvalue weighted by Gasteiger charge is -2.13. The third-order valence-electron chi connectivity index (χ3n) is 3.05. The minimum Gasteiger partial charge on any atom is -0.326 e. The largest absolute Gasteiger partial charge is 0.326 e. The number of hydrogen-bond acceptors (Lipinski definition) is 5. The van der Waals surface area contributed by atoms with Gasteiger partial charge < -0.3 is 10.7 Å². The van der Waals surface area contributed by atoms with Crippen LogP contribution in [0.3, 0.4) is 0 Å². The Bertz CT molecular complexity index is 590. The highest BCUT2D eigenvalue weighted by Crippen LogP contribution is 2.15. The van der Waals surface area contributed by atoms with E-state index in [1.807, 2.05) is 11.4 Å². The number of aromatic nitrogens is 2. The van der Waals surface area contributed by atoms with E-state index >= 15 is 0 Å². The summed E-state index contributed by atoms with van der Waals surface area (Å²) in [4.78, 5) is 21.3. The van der Waals surface area contributed by atoms with Crippen molar-refractivity contribution in [3.8, 4) is 0 Å². The maximum Gasteiger partial charge on any atom is 0.268 e. The molecular weight excluding hydrogens is 236 g/mol. The Morgan fingerprint density at radius 2 is 2.53 bits per heavy atom. The highest BCUT2D eigenvalue weighted by molar-refractivity contribution is 7.17. The van der Waals surface area contributed by atoms with Crippen LogP contribution in [0, 0.1) is 0 Å². The van der Waals surface area contributed by atoms with E-state index in [1.54, 1.807) is 0 Å². The number of fused-ring (bicyclic) bond motifs is 1. The summed E-state index contributed by atoms with van der Waals surface area (Å²) < 4.78 is 0.701. The standard InChI is InChI=1S/C11H14N4OS/c12-7-1-3-15(5-7)6-9-13-8-2-4-17-10(8)11(16)14-9/h2,4,7H,1,3,5-6,12H2,(H,13,14,16)/t7-/m0/s1. The normalized spacial score (nSPS) is 21.4. The Labute approximate surface area is 102 Å². The van der Waals surface area contributed by atoms with Gasteiger partial charge in [-0.1, -0.05) is 0 Å². The summed E-state index contributed by atoms with van der Waals surface area (Å²) in [5, 5.41) is 1.89. The van der Waals surface area contributed by atoms with Gasteiger partial charge in [0.2, 0.25) is 0 Å². The zero-order valence-corrected chi connectivity index (χ0v) is 10.2. The molecule has 2 aromatic rings. The monoisotopic (exact) mass is 250 g/mol. The molecule has 3 rings (SSSR count). The van der Waals surface area contributed by atoms with E-state index in [-0.39, 0.29) is 11.6 Å². The molecule has 90 valence electrons. The average Bonchev–Trinajstić information content (AvgIpc) is 2.87. The molecule has 0 aliphatic carbocycles. The van der Waals surface area contributed by atoms with Crippen molar-refractivity contribution in [2.45, 2.75) is 19.0 Å². The summed E-state index contributed by atoms with van der Waals surface area (Å²) in [5.41, 5.74) is 6.60. The van der Waals surface area contributed by atoms with Gasteiger partial charge in [0.05, 0.1) is 12.1 Å². The van der Waals surface area contributed by atoms with Gasteiger partial charge in [-0.05, 0) is 17.9 Å². The topological polar surface area (TPSA) is 75.0 Å². The van der Waals surface area contributed by atoms with Gasteiger partial charge in [-0.3, -0.25) is 9.69 Å². The van der Waals surface area contributed by atoms with Gasteiger partial charge in [-0.2, -0.15) is 0 Å². The predicted molar refractivity (Wildman–Crippen MR) is 68.1 cm³/mol. The van der Waals surface area contributed by atoms with Crippen molar-refractivity contribution in [2.24, 2.45) is 5.73 Å². The molecule has 0 saturated carbocycles. The Hall–Kier alpha value is -1.24. The van der Waals surface area contributed by atoms with Gasteiger partial charge in [0, 0.05) is 19.1 Å². The fourth-order valence-corrected chi connectivity index (χ4v) is 2.94. The first kappa shape index (κ1) is 10.9. The number of H-pyrrole nitrogens is 1. The van der Waals surface area contributed by atoms with Crippen LogP contribution >= 0.6 is 11.3 Å². The van der Waals surface area contributed by atoms with Crippen LogP contribution in [0.15, 0.2) is 16.2 Å². The number of rotatable bonds is 2. The van der Waals surface area contributed by atoms with Gasteiger partial charge >= 0.3 is 0 Å². The molecule has 0 amide bonds. The van der Waals surface area contributed by atoms with Crippen LogP contribution in [0.4, 0.5) is 0 Å². The molecule has 0 spiro atoms. The van der Waals surface area contributed by atoms with Crippen LogP contribution in [0.1, 0.15) is 12.2 Å². The summed E-state index contributed by atoms with van der Waals surface area (Å²) in [6, 6.07) is 2.14. The molecule has 1 aliphatic heterocycles. The van der Waals surface area contributed by atoms with E-state index in [9.17, 15) is 4.79 Å². The predicted octanol–water partition coefficient (Wildman–Crippen LogP) is 0.518. The van der Waals surface area contributed by atoms with Crippen molar-refractivity contribution in [1.29, 1.82) is 0 Å². The summed E-state index contributed by atoms with van der Waals surface area (Å²) in [6.07, 6.45) is 1.02. The first-order valence-electron chi connectivity index (χ1n) is 5.67. The highest BCUT2D eigenvalue weighted by Gasteiger charge is 2.19. The third kappa shape index (κ3) is 2.11. The summed E-state index contributed by atoms with van der Waals surface area (Å²) in [7, 11) is 0. The van der Waals surface area contributed by atoms with Gasteiger partial charge in [0.15, 0.2) is 0 Å². The van der Waals surface area contributed by atoms with Crippen molar-refractivity contribution in [2.75, 3.05) is 13.1 Å². The molecule has 0 bridgehead atoms. The van der Waals surface area contributed by atoms with Crippen LogP contribution in [0.5, 0.6) is 0 Å². The second kappa shape index (κ2) is 4.21. The van der Waals surface area contributed by atoms with E-state index in [2.05, 4.69) is 14.9 Å². The molecule has 1 atom stereocenters. The van der Waals surface area contributed by atoms with Crippen molar-refractivity contribution in [1.82, 2.24) is 14.9 Å². The molecule has 17 heavy (non-hydrogen) atoms. The van der Waals surface area contributed by atoms with Crippen molar-refractivity contribution < 1.29 is 0 Å². The fourth-order valence-electron chi connectivity index (χ4n) is 2.21. The maximum absolute atomic E-state index is 11.8. The molecule has 1 aliphatic rings. The molecule has 1 saturated heterocycles. The van der Waals surface area contributed by atoms with Gasteiger partial charge in [-0.25, -0.2) is 4.98 Å². The number of thiophene rings is 1. The zero-order chi connectivity index (χ0) is 11.8. The number of nitrogens with one attached hydrogen (secondary N) is 1. The molecule has 1 fully saturated rings. The van der Waals surface area contributed by atoms with E-state index in [0.29, 0.717) is 11.2 Å². The van der Waals surface area contributed by atoms with E-state index in [0.717, 1.165) is 30.9 Å². The lowest BCUT2D eigenvalue weighted by atomic mass is 10.3. The summed E-state index contributed by atoms with van der Waals surface area (Å²) >= 11 is 1.43. The SMILES string of the molecule is N[C@H]1CCN(Cc2nc3ccsc3c(=O)[nH]2)C1. The smallest absolute Gasteiger partial charge is 0.268 e. The lowest BCUT2D eigenvalue weighted by Crippen LogP contribution is -2.27. The minimum absolute atomic E-state index is 0.0384. The van der Waals surface area contributed by atoms with Crippen LogP contribution < -0.4 is 11.3 Å². The number of nitrogens with zero attached hydrogens (tertiary/aromatic N) is 2. The molecule has 3 N–H and O–H groups in total. The van der Waals surface area contributed by atoms with Crippen LogP contribution in [-0.2, 0) is 6.54 Å². The number of hydrogen-bond donors (Lipinski definition) is 2. The number of likely N-dealkylation sites (tertiary alicyclic amines) is 1. The Morgan fingerprint density at radius 1 is 1.65 bits per heavy atom. The van der Waals surface area contributed by atoms with E-state index in [1.165, 1.54) is 11.3 Å². The molecular formula is C11H14N4OS. The van der Waals surface area contributed by atoms with Crippen LogP contribution in [0.25, 0.3) is 10.2 Å². The maximum atomic E-state index is 11.8. The molecule has 0 unspecified atom stereocenters. The number of nitrogens with two attached hydrogens (primary N) is 1. The third-order valence-corrected chi connectivity index (χ3v) is 3.95. The second-order valence-corrected chi connectivity index (χ2v) is 5.35. The van der Waals surface area contributed by atoms with Gasteiger partial charge in [0.25, 0.3) is 5.56 Å². The molecule has 0 radical (unpaired) electrons. The minimum atomic E-state index is -0.0384. The Balaban J connectivity index is 1.88.